The summed E-state index contributed by atoms with van der Waals surface area (Å²) in [6.45, 7) is 4.58. The number of fused-ring (bicyclic) bond motifs is 8. The molecule has 1 heterocycles. The first kappa shape index (κ1) is 31.1. The van der Waals surface area contributed by atoms with Crippen LogP contribution in [-0.4, -0.2) is 0 Å². The van der Waals surface area contributed by atoms with E-state index in [0.717, 1.165) is 39.0 Å². The van der Waals surface area contributed by atoms with Gasteiger partial charge in [0.05, 0.1) is 0 Å². The summed E-state index contributed by atoms with van der Waals surface area (Å²) in [6.07, 6.45) is 0. The van der Waals surface area contributed by atoms with Crippen LogP contribution >= 0.6 is 0 Å². The van der Waals surface area contributed by atoms with Gasteiger partial charge in [-0.3, -0.25) is 0 Å². The van der Waals surface area contributed by atoms with Gasteiger partial charge in [0.2, 0.25) is 0 Å². The average Bonchev–Trinajstić information content (AvgIpc) is 3.59. The Morgan fingerprint density at radius 1 is 0.358 bits per heavy atom. The second-order valence-electron chi connectivity index (χ2n) is 14.6. The van der Waals surface area contributed by atoms with Crippen LogP contribution < -0.4 is 4.90 Å². The van der Waals surface area contributed by atoms with Gasteiger partial charge in [0.25, 0.3) is 0 Å². The van der Waals surface area contributed by atoms with Crippen molar-refractivity contribution < 1.29 is 4.42 Å². The third-order valence-electron chi connectivity index (χ3n) is 11.2. The van der Waals surface area contributed by atoms with Crippen LogP contribution in [0, 0.1) is 0 Å². The molecule has 10 aromatic rings. The van der Waals surface area contributed by atoms with E-state index in [1.807, 2.05) is 12.1 Å². The summed E-state index contributed by atoms with van der Waals surface area (Å²) < 4.78 is 6.38. The van der Waals surface area contributed by atoms with Crippen molar-refractivity contribution in [3.63, 3.8) is 0 Å². The third-order valence-corrected chi connectivity index (χ3v) is 11.2. The Morgan fingerprint density at radius 3 is 1.62 bits per heavy atom. The Hall–Kier alpha value is -6.64. The van der Waals surface area contributed by atoms with E-state index >= 15 is 0 Å². The van der Waals surface area contributed by atoms with E-state index in [9.17, 15) is 0 Å². The maximum Gasteiger partial charge on any atom is 0.137 e. The molecule has 1 aromatic heterocycles. The van der Waals surface area contributed by atoms with E-state index in [1.165, 1.54) is 54.6 Å². The van der Waals surface area contributed by atoms with Crippen molar-refractivity contribution >= 4 is 71.3 Å². The SMILES string of the molecule is CC(C)(c1ccccc1)c1ccc(-c2ccc(N(c3ccc4c(ccc5c6ccccc6ccc45)c3)c3ccc4c(c3)oc3ccccc34)cc2)cc1. The number of nitrogens with zero attached hydrogens (tertiary/aromatic N) is 1. The van der Waals surface area contributed by atoms with Gasteiger partial charge in [0.1, 0.15) is 11.2 Å². The fourth-order valence-electron chi connectivity index (χ4n) is 8.16. The number of benzene rings is 9. The summed E-state index contributed by atoms with van der Waals surface area (Å²) in [5.41, 5.74) is 9.91. The molecular formula is C51H37NO. The van der Waals surface area contributed by atoms with Crippen LogP contribution in [0.15, 0.2) is 192 Å². The zero-order valence-electron chi connectivity index (χ0n) is 29.8. The zero-order valence-corrected chi connectivity index (χ0v) is 29.8. The Bertz CT molecular complexity index is 2950. The van der Waals surface area contributed by atoms with E-state index in [2.05, 4.69) is 195 Å². The second-order valence-corrected chi connectivity index (χ2v) is 14.6. The minimum atomic E-state index is -0.0783. The lowest BCUT2D eigenvalue weighted by Gasteiger charge is -2.27. The molecule has 0 atom stereocenters. The van der Waals surface area contributed by atoms with Gasteiger partial charge in [-0.2, -0.15) is 0 Å². The molecule has 0 amide bonds. The molecule has 0 saturated carbocycles. The Labute approximate surface area is 309 Å². The van der Waals surface area contributed by atoms with Gasteiger partial charge < -0.3 is 9.32 Å². The first-order chi connectivity index (χ1) is 26.0. The predicted octanol–water partition coefficient (Wildman–Crippen LogP) is 14.5. The molecular weight excluding hydrogens is 643 g/mol. The van der Waals surface area contributed by atoms with Gasteiger partial charge in [-0.05, 0) is 97.0 Å². The van der Waals surface area contributed by atoms with Crippen molar-refractivity contribution in [2.75, 3.05) is 4.90 Å². The largest absolute Gasteiger partial charge is 0.456 e. The van der Waals surface area contributed by atoms with Crippen molar-refractivity contribution in [2.45, 2.75) is 19.3 Å². The molecule has 0 aliphatic rings. The summed E-state index contributed by atoms with van der Waals surface area (Å²) in [7, 11) is 0. The van der Waals surface area contributed by atoms with Crippen molar-refractivity contribution in [2.24, 2.45) is 0 Å². The van der Waals surface area contributed by atoms with Gasteiger partial charge in [-0.1, -0.05) is 153 Å². The number of anilines is 3. The minimum absolute atomic E-state index is 0.0783. The van der Waals surface area contributed by atoms with Crippen LogP contribution in [-0.2, 0) is 5.41 Å². The van der Waals surface area contributed by atoms with Crippen molar-refractivity contribution in [1.29, 1.82) is 0 Å². The molecule has 2 nitrogen and oxygen atoms in total. The Morgan fingerprint density at radius 2 is 0.868 bits per heavy atom. The van der Waals surface area contributed by atoms with E-state index in [0.29, 0.717) is 0 Å². The molecule has 10 rings (SSSR count). The molecule has 0 aliphatic carbocycles. The molecule has 0 unspecified atom stereocenters. The second kappa shape index (κ2) is 12.3. The molecule has 252 valence electrons. The topological polar surface area (TPSA) is 16.4 Å². The average molecular weight is 680 g/mol. The van der Waals surface area contributed by atoms with Crippen LogP contribution in [0.2, 0.25) is 0 Å². The van der Waals surface area contributed by atoms with Crippen LogP contribution in [0.25, 0.3) is 65.4 Å². The molecule has 0 aliphatic heterocycles. The van der Waals surface area contributed by atoms with Crippen LogP contribution in [0.4, 0.5) is 17.1 Å². The van der Waals surface area contributed by atoms with Gasteiger partial charge >= 0.3 is 0 Å². The van der Waals surface area contributed by atoms with Crippen molar-refractivity contribution in [3.05, 3.63) is 199 Å². The lowest BCUT2D eigenvalue weighted by molar-refractivity contribution is 0.641. The number of hydrogen-bond donors (Lipinski definition) is 0. The molecule has 0 saturated heterocycles. The van der Waals surface area contributed by atoms with Crippen LogP contribution in [0.3, 0.4) is 0 Å². The van der Waals surface area contributed by atoms with E-state index in [-0.39, 0.29) is 5.41 Å². The van der Waals surface area contributed by atoms with Crippen molar-refractivity contribution in [1.82, 2.24) is 0 Å². The summed E-state index contributed by atoms with van der Waals surface area (Å²) in [6, 6.07) is 68.1. The van der Waals surface area contributed by atoms with Crippen LogP contribution in [0.1, 0.15) is 25.0 Å². The normalized spacial score (nSPS) is 12.0. The first-order valence-electron chi connectivity index (χ1n) is 18.3. The zero-order chi connectivity index (χ0) is 35.5. The standard InChI is InChI=1S/C51H37NO/c1-51(2,38-11-4-3-5-12-38)39-22-16-34(17-23-39)35-18-24-40(25-19-35)52(42-27-31-48-47-14-8-9-15-49(47)53-50(48)33-42)41-26-30-44-37(32-41)21-29-45-43-13-7-6-10-36(43)20-28-46(44)45/h3-33H,1-2H3. The molecule has 53 heavy (non-hydrogen) atoms. The molecule has 2 heteroatoms. The summed E-state index contributed by atoms with van der Waals surface area (Å²) in [5, 5.41) is 9.80. The Balaban J connectivity index is 1.06. The van der Waals surface area contributed by atoms with E-state index in [4.69, 9.17) is 4.42 Å². The lowest BCUT2D eigenvalue weighted by atomic mass is 9.78. The van der Waals surface area contributed by atoms with Gasteiger partial charge in [-0.25, -0.2) is 0 Å². The van der Waals surface area contributed by atoms with Crippen LogP contribution in [0.5, 0.6) is 0 Å². The van der Waals surface area contributed by atoms with Gasteiger partial charge in [0, 0.05) is 39.3 Å². The number of hydrogen-bond acceptors (Lipinski definition) is 2. The third kappa shape index (κ3) is 5.26. The highest BCUT2D eigenvalue weighted by molar-refractivity contribution is 6.17. The monoisotopic (exact) mass is 679 g/mol. The minimum Gasteiger partial charge on any atom is -0.456 e. The van der Waals surface area contributed by atoms with Crippen molar-refractivity contribution in [3.8, 4) is 11.1 Å². The number of furan rings is 1. The molecule has 0 radical (unpaired) electrons. The van der Waals surface area contributed by atoms with Gasteiger partial charge in [0.15, 0.2) is 0 Å². The molecule has 0 spiro atoms. The van der Waals surface area contributed by atoms with E-state index < -0.39 is 0 Å². The highest BCUT2D eigenvalue weighted by atomic mass is 16.3. The smallest absolute Gasteiger partial charge is 0.137 e. The molecule has 9 aromatic carbocycles. The highest BCUT2D eigenvalue weighted by Crippen LogP contribution is 2.41. The van der Waals surface area contributed by atoms with E-state index in [1.54, 1.807) is 0 Å². The summed E-state index contributed by atoms with van der Waals surface area (Å²) >= 11 is 0. The maximum absolute atomic E-state index is 6.38. The van der Waals surface area contributed by atoms with Gasteiger partial charge in [-0.15, -0.1) is 0 Å². The quantitative estimate of drug-likeness (QED) is 0.163. The maximum atomic E-state index is 6.38. The fraction of sp³-hybridized carbons (Fsp3) is 0.0588. The highest BCUT2D eigenvalue weighted by Gasteiger charge is 2.23. The molecule has 0 N–H and O–H groups in total. The lowest BCUT2D eigenvalue weighted by Crippen LogP contribution is -2.18. The summed E-state index contributed by atoms with van der Waals surface area (Å²) in [4.78, 5) is 2.34. The fourth-order valence-corrected chi connectivity index (χ4v) is 8.16. The number of para-hydroxylation sites is 1. The molecule has 0 bridgehead atoms. The first-order valence-corrected chi connectivity index (χ1v) is 18.3. The predicted molar refractivity (Wildman–Crippen MR) is 225 cm³/mol. The summed E-state index contributed by atoms with van der Waals surface area (Å²) in [5.74, 6) is 0. The number of rotatable bonds is 6. The molecule has 0 fully saturated rings. The Kier molecular flexibility index (Phi) is 7.19.